The van der Waals surface area contributed by atoms with Crippen LogP contribution >= 0.6 is 37.9 Å². The van der Waals surface area contributed by atoms with Gasteiger partial charge in [-0.05, 0) is 0 Å². The van der Waals surface area contributed by atoms with Crippen LogP contribution in [0, 0.1) is 0 Å². The Morgan fingerprint density at radius 2 is 0.941 bits per heavy atom. The van der Waals surface area contributed by atoms with Gasteiger partial charge in [0.15, 0.2) is 0 Å². The Morgan fingerprint density at radius 3 is 1.24 bits per heavy atom. The largest absolute Gasteiger partial charge is 0.480 e. The molecule has 0 fully saturated rings. The SMILES string of the molecule is CC(=O)N[C@@H](CS)C(=O)NCC(=O)N[C@@H](CS)C(=O)NCC(=O)N[C@@H](CS)C(=O)NCC(=O)O. The van der Waals surface area contributed by atoms with E-state index in [1.807, 2.05) is 0 Å². The Kier molecular flexibility index (Phi) is 15.6. The van der Waals surface area contributed by atoms with Crippen molar-refractivity contribution >= 4 is 79.3 Å². The summed E-state index contributed by atoms with van der Waals surface area (Å²) < 4.78 is 0. The van der Waals surface area contributed by atoms with Crippen LogP contribution in [-0.4, -0.2) is 102 Å². The van der Waals surface area contributed by atoms with E-state index in [-0.39, 0.29) is 17.3 Å². The second-order valence-electron chi connectivity index (χ2n) is 6.59. The third-order valence-electron chi connectivity index (χ3n) is 3.81. The predicted molar refractivity (Wildman–Crippen MR) is 130 cm³/mol. The Morgan fingerprint density at radius 1 is 0.618 bits per heavy atom. The Balaban J connectivity index is 4.59. The summed E-state index contributed by atoms with van der Waals surface area (Å²) in [4.78, 5) is 81.6. The monoisotopic (exact) mass is 540 g/mol. The normalized spacial score (nSPS) is 12.8. The van der Waals surface area contributed by atoms with Gasteiger partial charge >= 0.3 is 5.97 Å². The number of hydrogen-bond donors (Lipinski definition) is 10. The van der Waals surface area contributed by atoms with Crippen LogP contribution in [0.2, 0.25) is 0 Å². The highest BCUT2D eigenvalue weighted by atomic mass is 32.1. The molecular weight excluding hydrogens is 512 g/mol. The minimum absolute atomic E-state index is 0.00601. The van der Waals surface area contributed by atoms with Crippen molar-refractivity contribution < 1.29 is 38.7 Å². The van der Waals surface area contributed by atoms with E-state index < -0.39 is 79.2 Å². The van der Waals surface area contributed by atoms with Crippen molar-refractivity contribution in [3.63, 3.8) is 0 Å². The van der Waals surface area contributed by atoms with Gasteiger partial charge in [0.2, 0.25) is 35.4 Å². The Hall–Kier alpha value is -2.66. The van der Waals surface area contributed by atoms with Crippen LogP contribution in [0.4, 0.5) is 0 Å². The number of aliphatic carboxylic acids is 1. The zero-order valence-corrected chi connectivity index (χ0v) is 20.8. The summed E-state index contributed by atoms with van der Waals surface area (Å²) in [5.74, 6) is -5.61. The molecule has 0 aromatic rings. The van der Waals surface area contributed by atoms with Crippen LogP contribution in [0.25, 0.3) is 0 Å². The van der Waals surface area contributed by atoms with E-state index in [2.05, 4.69) is 69.8 Å². The standard InChI is InChI=1S/C17H28N6O8S3/c1-8(24)21-9(5-32)15(29)18-2-12(25)22-10(6-33)16(30)19-3-13(26)23-11(7-34)17(31)20-4-14(27)28/h9-11,32-34H,2-7H2,1H3,(H,18,29)(H,19,30)(H,20,31)(H,21,24)(H,22,25)(H,23,26)(H,27,28)/t9-,10-,11-/m0/s1. The van der Waals surface area contributed by atoms with E-state index in [0.29, 0.717) is 0 Å². The summed E-state index contributed by atoms with van der Waals surface area (Å²) in [6, 6.07) is -3.21. The first kappa shape index (κ1) is 31.3. The van der Waals surface area contributed by atoms with E-state index in [0.717, 1.165) is 0 Å². The fourth-order valence-corrected chi connectivity index (χ4v) is 2.96. The van der Waals surface area contributed by atoms with Crippen LogP contribution < -0.4 is 31.9 Å². The first-order valence-corrected chi connectivity index (χ1v) is 11.6. The summed E-state index contributed by atoms with van der Waals surface area (Å²) in [7, 11) is 0. The molecular formula is C17H28N6O8S3. The fraction of sp³-hybridized carbons (Fsp3) is 0.588. The lowest BCUT2D eigenvalue weighted by Gasteiger charge is -2.19. The molecule has 0 aromatic heterocycles. The molecule has 14 nitrogen and oxygen atoms in total. The number of carbonyl (C=O) groups excluding carboxylic acids is 6. The molecule has 0 unspecified atom stereocenters. The zero-order valence-electron chi connectivity index (χ0n) is 18.1. The van der Waals surface area contributed by atoms with E-state index in [1.54, 1.807) is 0 Å². The van der Waals surface area contributed by atoms with E-state index in [1.165, 1.54) is 6.92 Å². The van der Waals surface area contributed by atoms with Gasteiger partial charge in [-0.2, -0.15) is 37.9 Å². The number of carboxylic acid groups (broad SMARTS) is 1. The number of carbonyl (C=O) groups is 7. The second kappa shape index (κ2) is 16.9. The van der Waals surface area contributed by atoms with Gasteiger partial charge in [-0.15, -0.1) is 0 Å². The summed E-state index contributed by atoms with van der Waals surface area (Å²) in [6.07, 6.45) is 0. The molecule has 6 amide bonds. The third-order valence-corrected chi connectivity index (χ3v) is 4.90. The predicted octanol–water partition coefficient (Wildman–Crippen LogP) is -4.32. The van der Waals surface area contributed by atoms with Crippen LogP contribution in [0.1, 0.15) is 6.92 Å². The van der Waals surface area contributed by atoms with Crippen molar-refractivity contribution in [1.82, 2.24) is 31.9 Å². The molecule has 0 rings (SSSR count). The molecule has 0 saturated heterocycles. The molecule has 0 aliphatic heterocycles. The number of carboxylic acids is 1. The van der Waals surface area contributed by atoms with Gasteiger partial charge in [0.25, 0.3) is 0 Å². The van der Waals surface area contributed by atoms with E-state index in [4.69, 9.17) is 5.11 Å². The summed E-state index contributed by atoms with van der Waals surface area (Å²) >= 11 is 11.8. The minimum Gasteiger partial charge on any atom is -0.480 e. The average Bonchev–Trinajstić information content (AvgIpc) is 2.79. The maximum Gasteiger partial charge on any atom is 0.322 e. The lowest BCUT2D eigenvalue weighted by atomic mass is 10.2. The smallest absolute Gasteiger partial charge is 0.322 e. The van der Waals surface area contributed by atoms with Gasteiger partial charge in [0.05, 0.1) is 13.1 Å². The molecule has 0 aromatic carbocycles. The van der Waals surface area contributed by atoms with Crippen molar-refractivity contribution in [3.05, 3.63) is 0 Å². The van der Waals surface area contributed by atoms with Crippen LogP contribution in [-0.2, 0) is 33.6 Å². The molecule has 34 heavy (non-hydrogen) atoms. The van der Waals surface area contributed by atoms with Crippen LogP contribution in [0.3, 0.4) is 0 Å². The molecule has 7 N–H and O–H groups in total. The first-order valence-electron chi connectivity index (χ1n) is 9.68. The lowest BCUT2D eigenvalue weighted by molar-refractivity contribution is -0.138. The van der Waals surface area contributed by atoms with Crippen molar-refractivity contribution in [2.24, 2.45) is 0 Å². The molecule has 0 aliphatic carbocycles. The van der Waals surface area contributed by atoms with Gasteiger partial charge in [0, 0.05) is 24.2 Å². The van der Waals surface area contributed by atoms with Gasteiger partial charge in [-0.1, -0.05) is 0 Å². The highest BCUT2D eigenvalue weighted by Crippen LogP contribution is 1.92. The minimum atomic E-state index is -1.27. The summed E-state index contributed by atoms with van der Waals surface area (Å²) in [5.41, 5.74) is 0. The third kappa shape index (κ3) is 13.1. The summed E-state index contributed by atoms with van der Waals surface area (Å²) in [5, 5.41) is 22.2. The molecule has 0 spiro atoms. The van der Waals surface area contributed by atoms with E-state index >= 15 is 0 Å². The number of rotatable bonds is 15. The lowest BCUT2D eigenvalue weighted by Crippen LogP contribution is -2.55. The Labute approximate surface area is 211 Å². The van der Waals surface area contributed by atoms with Crippen LogP contribution in [0.15, 0.2) is 0 Å². The molecule has 0 saturated carbocycles. The van der Waals surface area contributed by atoms with Crippen molar-refractivity contribution in [2.45, 2.75) is 25.0 Å². The zero-order chi connectivity index (χ0) is 26.3. The molecule has 0 bridgehead atoms. The number of thiol groups is 3. The van der Waals surface area contributed by atoms with Crippen molar-refractivity contribution in [3.8, 4) is 0 Å². The Bertz CT molecular complexity index is 784. The average molecular weight is 541 g/mol. The van der Waals surface area contributed by atoms with Gasteiger partial charge in [-0.25, -0.2) is 0 Å². The molecule has 0 aliphatic rings. The fourth-order valence-electron chi connectivity index (χ4n) is 2.19. The van der Waals surface area contributed by atoms with Gasteiger partial charge in [-0.3, -0.25) is 33.6 Å². The van der Waals surface area contributed by atoms with Gasteiger partial charge < -0.3 is 37.0 Å². The first-order chi connectivity index (χ1) is 15.9. The van der Waals surface area contributed by atoms with Crippen molar-refractivity contribution in [2.75, 3.05) is 36.9 Å². The molecule has 3 atom stereocenters. The number of amides is 6. The van der Waals surface area contributed by atoms with Crippen LogP contribution in [0.5, 0.6) is 0 Å². The highest BCUT2D eigenvalue weighted by Gasteiger charge is 2.23. The van der Waals surface area contributed by atoms with E-state index in [9.17, 15) is 33.6 Å². The van der Waals surface area contributed by atoms with Gasteiger partial charge in [0.1, 0.15) is 24.7 Å². The topological polar surface area (TPSA) is 212 Å². The second-order valence-corrected chi connectivity index (χ2v) is 7.68. The molecule has 0 radical (unpaired) electrons. The maximum atomic E-state index is 12.2. The summed E-state index contributed by atoms with van der Waals surface area (Å²) in [6.45, 7) is -0.455. The molecule has 0 heterocycles. The number of hydrogen-bond acceptors (Lipinski definition) is 10. The van der Waals surface area contributed by atoms with Crippen molar-refractivity contribution in [1.29, 1.82) is 0 Å². The molecule has 192 valence electrons. The maximum absolute atomic E-state index is 12.2. The number of nitrogens with one attached hydrogen (secondary N) is 6. The quantitative estimate of drug-likeness (QED) is 0.0916. The molecule has 17 heteroatoms. The highest BCUT2D eigenvalue weighted by molar-refractivity contribution is 7.80.